The van der Waals surface area contributed by atoms with Gasteiger partial charge in [0.05, 0.1) is 0 Å². The molecule has 0 aliphatic rings. The van der Waals surface area contributed by atoms with Crippen LogP contribution in [0.25, 0.3) is 6.08 Å². The Morgan fingerprint density at radius 3 is 2.56 bits per heavy atom. The SMILES string of the molecule is C=Cc1ccc(NC(=C)C(=C)C)cc1CC. The fraction of sp³-hybridized carbons (Fsp3) is 0.200. The largest absolute Gasteiger partial charge is 0.356 e. The molecule has 0 amide bonds. The van der Waals surface area contributed by atoms with E-state index in [0.29, 0.717) is 0 Å². The lowest BCUT2D eigenvalue weighted by atomic mass is 10.0. The maximum absolute atomic E-state index is 3.92. The van der Waals surface area contributed by atoms with Crippen molar-refractivity contribution in [3.63, 3.8) is 0 Å². The number of nitrogens with one attached hydrogen (secondary N) is 1. The minimum atomic E-state index is 0.855. The smallest absolute Gasteiger partial charge is 0.0387 e. The van der Waals surface area contributed by atoms with E-state index in [1.54, 1.807) is 0 Å². The van der Waals surface area contributed by atoms with E-state index in [0.717, 1.165) is 23.4 Å². The van der Waals surface area contributed by atoms with Crippen molar-refractivity contribution in [2.45, 2.75) is 20.3 Å². The van der Waals surface area contributed by atoms with Crippen LogP contribution in [0.15, 0.2) is 49.2 Å². The lowest BCUT2D eigenvalue weighted by Gasteiger charge is -2.11. The highest BCUT2D eigenvalue weighted by atomic mass is 14.9. The number of benzene rings is 1. The molecule has 0 aliphatic carbocycles. The molecule has 0 radical (unpaired) electrons. The average molecular weight is 213 g/mol. The second kappa shape index (κ2) is 5.36. The highest BCUT2D eigenvalue weighted by Crippen LogP contribution is 2.19. The van der Waals surface area contributed by atoms with E-state index in [4.69, 9.17) is 0 Å². The number of rotatable bonds is 5. The molecule has 1 nitrogen and oxygen atoms in total. The van der Waals surface area contributed by atoms with E-state index in [2.05, 4.69) is 44.1 Å². The first-order valence-electron chi connectivity index (χ1n) is 5.45. The number of aryl methyl sites for hydroxylation is 1. The topological polar surface area (TPSA) is 12.0 Å². The van der Waals surface area contributed by atoms with Gasteiger partial charge in [0.25, 0.3) is 0 Å². The summed E-state index contributed by atoms with van der Waals surface area (Å²) in [6, 6.07) is 6.23. The van der Waals surface area contributed by atoms with Gasteiger partial charge in [-0.15, -0.1) is 0 Å². The van der Waals surface area contributed by atoms with Gasteiger partial charge in [-0.25, -0.2) is 0 Å². The molecule has 1 rings (SSSR count). The molecule has 0 aromatic heterocycles. The Balaban J connectivity index is 2.95. The Morgan fingerprint density at radius 2 is 2.06 bits per heavy atom. The van der Waals surface area contributed by atoms with Gasteiger partial charge in [-0.05, 0) is 42.2 Å². The number of anilines is 1. The van der Waals surface area contributed by atoms with Crippen LogP contribution >= 0.6 is 0 Å². The molecule has 1 aromatic carbocycles. The summed E-state index contributed by atoms with van der Waals surface area (Å²) < 4.78 is 0. The van der Waals surface area contributed by atoms with Crippen LogP contribution in [-0.2, 0) is 6.42 Å². The van der Waals surface area contributed by atoms with Gasteiger partial charge in [-0.3, -0.25) is 0 Å². The second-order valence-corrected chi connectivity index (χ2v) is 3.86. The van der Waals surface area contributed by atoms with Crippen molar-refractivity contribution in [1.29, 1.82) is 0 Å². The molecule has 0 spiro atoms. The summed E-state index contributed by atoms with van der Waals surface area (Å²) in [6.07, 6.45) is 2.88. The Bertz CT molecular complexity index is 427. The highest BCUT2D eigenvalue weighted by Gasteiger charge is 2.01. The summed E-state index contributed by atoms with van der Waals surface area (Å²) in [7, 11) is 0. The lowest BCUT2D eigenvalue weighted by molar-refractivity contribution is 1.13. The number of hydrogen-bond donors (Lipinski definition) is 1. The number of allylic oxidation sites excluding steroid dienone is 1. The third-order valence-electron chi connectivity index (χ3n) is 2.55. The van der Waals surface area contributed by atoms with Crippen molar-refractivity contribution in [3.8, 4) is 0 Å². The molecule has 0 heterocycles. The third-order valence-corrected chi connectivity index (χ3v) is 2.55. The maximum Gasteiger partial charge on any atom is 0.0387 e. The van der Waals surface area contributed by atoms with Crippen LogP contribution < -0.4 is 5.32 Å². The van der Waals surface area contributed by atoms with E-state index in [1.165, 1.54) is 11.1 Å². The van der Waals surface area contributed by atoms with Crippen molar-refractivity contribution in [3.05, 3.63) is 60.3 Å². The van der Waals surface area contributed by atoms with Crippen molar-refractivity contribution in [2.75, 3.05) is 5.32 Å². The van der Waals surface area contributed by atoms with Gasteiger partial charge < -0.3 is 5.32 Å². The molecular formula is C15H19N. The van der Waals surface area contributed by atoms with Crippen molar-refractivity contribution in [2.24, 2.45) is 0 Å². The van der Waals surface area contributed by atoms with Crippen LogP contribution in [0.4, 0.5) is 5.69 Å². The third kappa shape index (κ3) is 2.86. The summed E-state index contributed by atoms with van der Waals surface area (Å²) >= 11 is 0. The van der Waals surface area contributed by atoms with Gasteiger partial charge in [-0.1, -0.05) is 38.8 Å². The zero-order valence-electron chi connectivity index (χ0n) is 10.1. The van der Waals surface area contributed by atoms with Crippen LogP contribution in [0.3, 0.4) is 0 Å². The van der Waals surface area contributed by atoms with Crippen LogP contribution in [0.1, 0.15) is 25.0 Å². The van der Waals surface area contributed by atoms with Gasteiger partial charge in [0, 0.05) is 11.4 Å². The molecule has 0 fully saturated rings. The highest BCUT2D eigenvalue weighted by molar-refractivity contribution is 5.61. The summed E-state index contributed by atoms with van der Waals surface area (Å²) in [6.45, 7) is 15.6. The second-order valence-electron chi connectivity index (χ2n) is 3.86. The van der Waals surface area contributed by atoms with Gasteiger partial charge in [0.2, 0.25) is 0 Å². The molecule has 1 N–H and O–H groups in total. The Morgan fingerprint density at radius 1 is 1.38 bits per heavy atom. The predicted octanol–water partition coefficient (Wildman–Crippen LogP) is 4.39. The summed E-state index contributed by atoms with van der Waals surface area (Å²) in [4.78, 5) is 0. The minimum Gasteiger partial charge on any atom is -0.356 e. The molecule has 0 atom stereocenters. The molecule has 0 saturated carbocycles. The van der Waals surface area contributed by atoms with E-state index in [1.807, 2.05) is 19.1 Å². The van der Waals surface area contributed by atoms with Crippen LogP contribution in [0.2, 0.25) is 0 Å². The lowest BCUT2D eigenvalue weighted by Crippen LogP contribution is -1.99. The fourth-order valence-corrected chi connectivity index (χ4v) is 1.47. The Hall–Kier alpha value is -1.76. The molecule has 16 heavy (non-hydrogen) atoms. The average Bonchev–Trinajstić information content (AvgIpc) is 2.28. The van der Waals surface area contributed by atoms with E-state index >= 15 is 0 Å². The molecule has 1 heteroatoms. The van der Waals surface area contributed by atoms with Crippen molar-refractivity contribution in [1.82, 2.24) is 0 Å². The number of hydrogen-bond acceptors (Lipinski definition) is 1. The summed E-state index contributed by atoms with van der Waals surface area (Å²) in [5, 5.41) is 3.24. The monoisotopic (exact) mass is 213 g/mol. The van der Waals surface area contributed by atoms with Crippen LogP contribution in [0.5, 0.6) is 0 Å². The normalized spacial score (nSPS) is 9.62. The first-order chi connectivity index (χ1) is 7.58. The quantitative estimate of drug-likeness (QED) is 0.715. The Labute approximate surface area is 98.2 Å². The van der Waals surface area contributed by atoms with Gasteiger partial charge in [-0.2, -0.15) is 0 Å². The standard InChI is InChI=1S/C15H19N/c1-6-13-8-9-15(10-14(13)7-2)16-12(5)11(3)4/h6,8-10,16H,1,3,5,7H2,2,4H3. The molecule has 0 aliphatic heterocycles. The first-order valence-corrected chi connectivity index (χ1v) is 5.45. The molecule has 84 valence electrons. The van der Waals surface area contributed by atoms with Crippen molar-refractivity contribution >= 4 is 11.8 Å². The summed E-state index contributed by atoms with van der Waals surface area (Å²) in [5.74, 6) is 0. The van der Waals surface area contributed by atoms with Crippen LogP contribution in [0, 0.1) is 0 Å². The minimum absolute atomic E-state index is 0.855. The van der Waals surface area contributed by atoms with Crippen molar-refractivity contribution < 1.29 is 0 Å². The van der Waals surface area contributed by atoms with Gasteiger partial charge in [0.1, 0.15) is 0 Å². The zero-order valence-corrected chi connectivity index (χ0v) is 10.1. The van der Waals surface area contributed by atoms with Gasteiger partial charge >= 0.3 is 0 Å². The fourth-order valence-electron chi connectivity index (χ4n) is 1.47. The maximum atomic E-state index is 3.92. The zero-order chi connectivity index (χ0) is 12.1. The molecular weight excluding hydrogens is 194 g/mol. The van der Waals surface area contributed by atoms with Gasteiger partial charge in [0.15, 0.2) is 0 Å². The van der Waals surface area contributed by atoms with E-state index in [-0.39, 0.29) is 0 Å². The molecule has 0 unspecified atom stereocenters. The predicted molar refractivity (Wildman–Crippen MR) is 73.5 cm³/mol. The molecule has 0 bridgehead atoms. The molecule has 0 saturated heterocycles. The summed E-state index contributed by atoms with van der Waals surface area (Å²) in [5.41, 5.74) is 5.33. The van der Waals surface area contributed by atoms with E-state index in [9.17, 15) is 0 Å². The van der Waals surface area contributed by atoms with Crippen LogP contribution in [-0.4, -0.2) is 0 Å². The molecule has 1 aromatic rings. The Kier molecular flexibility index (Phi) is 4.12. The first kappa shape index (κ1) is 12.3. The van der Waals surface area contributed by atoms with E-state index < -0.39 is 0 Å².